The molecule has 0 saturated heterocycles. The monoisotopic (exact) mass is 428 g/mol. The minimum atomic E-state index is -0.477. The SMILES string of the molecule is CC(C)COc1ccc(C(=O)Nc2sc3c(c2C(N)=O)CCC(C(C)(C)C)C3)cc1. The predicted molar refractivity (Wildman–Crippen MR) is 123 cm³/mol. The number of primary amides is 1. The fourth-order valence-corrected chi connectivity index (χ4v) is 5.14. The van der Waals surface area contributed by atoms with Crippen molar-refractivity contribution in [2.24, 2.45) is 23.0 Å². The Hall–Kier alpha value is -2.34. The summed E-state index contributed by atoms with van der Waals surface area (Å²) in [5.74, 6) is 0.987. The van der Waals surface area contributed by atoms with E-state index >= 15 is 0 Å². The quantitative estimate of drug-likeness (QED) is 0.656. The number of hydrogen-bond acceptors (Lipinski definition) is 4. The second kappa shape index (κ2) is 8.80. The van der Waals surface area contributed by atoms with E-state index in [1.54, 1.807) is 24.3 Å². The number of thiophene rings is 1. The van der Waals surface area contributed by atoms with E-state index in [4.69, 9.17) is 10.5 Å². The van der Waals surface area contributed by atoms with Gasteiger partial charge in [0.25, 0.3) is 11.8 Å². The van der Waals surface area contributed by atoms with Gasteiger partial charge < -0.3 is 15.8 Å². The highest BCUT2D eigenvalue weighted by Crippen LogP contribution is 2.44. The largest absolute Gasteiger partial charge is 0.493 e. The molecule has 1 heterocycles. The lowest BCUT2D eigenvalue weighted by atomic mass is 9.72. The van der Waals surface area contributed by atoms with Crippen molar-refractivity contribution >= 4 is 28.2 Å². The average Bonchev–Trinajstić information content (AvgIpc) is 3.03. The lowest BCUT2D eigenvalue weighted by molar-refractivity contribution is 0.1000. The van der Waals surface area contributed by atoms with Crippen LogP contribution in [0.5, 0.6) is 5.75 Å². The molecule has 3 rings (SSSR count). The summed E-state index contributed by atoms with van der Waals surface area (Å²) < 4.78 is 5.67. The van der Waals surface area contributed by atoms with Crippen molar-refractivity contribution in [3.05, 3.63) is 45.8 Å². The summed E-state index contributed by atoms with van der Waals surface area (Å²) in [6.45, 7) is 11.6. The van der Waals surface area contributed by atoms with Crippen molar-refractivity contribution in [3.63, 3.8) is 0 Å². The first-order valence-corrected chi connectivity index (χ1v) is 11.4. The van der Waals surface area contributed by atoms with E-state index < -0.39 is 5.91 Å². The number of rotatable bonds is 6. The van der Waals surface area contributed by atoms with Crippen molar-refractivity contribution in [1.29, 1.82) is 0 Å². The van der Waals surface area contributed by atoms with Crippen LogP contribution in [0.3, 0.4) is 0 Å². The lowest BCUT2D eigenvalue weighted by Gasteiger charge is -2.33. The minimum absolute atomic E-state index is 0.206. The highest BCUT2D eigenvalue weighted by molar-refractivity contribution is 7.17. The second-order valence-electron chi connectivity index (χ2n) is 9.56. The van der Waals surface area contributed by atoms with Crippen LogP contribution in [0.1, 0.15) is 72.2 Å². The summed E-state index contributed by atoms with van der Waals surface area (Å²) in [5, 5.41) is 3.49. The molecule has 0 saturated carbocycles. The van der Waals surface area contributed by atoms with Gasteiger partial charge >= 0.3 is 0 Å². The number of nitrogens with two attached hydrogens (primary N) is 1. The Labute approximate surface area is 183 Å². The summed E-state index contributed by atoms with van der Waals surface area (Å²) >= 11 is 1.49. The maximum absolute atomic E-state index is 12.8. The van der Waals surface area contributed by atoms with E-state index in [2.05, 4.69) is 39.9 Å². The molecule has 1 aromatic heterocycles. The van der Waals surface area contributed by atoms with Crippen LogP contribution in [-0.2, 0) is 12.8 Å². The van der Waals surface area contributed by atoms with Gasteiger partial charge in [-0.25, -0.2) is 0 Å². The number of benzene rings is 1. The first-order chi connectivity index (χ1) is 14.1. The molecule has 1 aliphatic carbocycles. The maximum Gasteiger partial charge on any atom is 0.256 e. The average molecular weight is 429 g/mol. The van der Waals surface area contributed by atoms with E-state index in [0.717, 1.165) is 30.6 Å². The van der Waals surface area contributed by atoms with Crippen molar-refractivity contribution in [2.45, 2.75) is 53.9 Å². The molecule has 0 aliphatic heterocycles. The smallest absolute Gasteiger partial charge is 0.256 e. The molecular formula is C24H32N2O3S. The van der Waals surface area contributed by atoms with Crippen LogP contribution in [0.25, 0.3) is 0 Å². The zero-order valence-electron chi connectivity index (χ0n) is 18.5. The fraction of sp³-hybridized carbons (Fsp3) is 0.500. The third-order valence-corrected chi connectivity index (χ3v) is 6.83. The van der Waals surface area contributed by atoms with Crippen LogP contribution in [0.15, 0.2) is 24.3 Å². The van der Waals surface area contributed by atoms with Gasteiger partial charge in [-0.1, -0.05) is 34.6 Å². The van der Waals surface area contributed by atoms with E-state index in [9.17, 15) is 9.59 Å². The molecule has 0 fully saturated rings. The van der Waals surface area contributed by atoms with E-state index in [1.807, 2.05) is 0 Å². The van der Waals surface area contributed by atoms with E-state index in [-0.39, 0.29) is 11.3 Å². The minimum Gasteiger partial charge on any atom is -0.493 e. The number of fused-ring (bicyclic) bond motifs is 1. The van der Waals surface area contributed by atoms with Gasteiger partial charge in [-0.15, -0.1) is 11.3 Å². The third kappa shape index (κ3) is 5.04. The molecule has 3 N–H and O–H groups in total. The molecule has 2 aromatic rings. The van der Waals surface area contributed by atoms with Gasteiger partial charge in [0.05, 0.1) is 12.2 Å². The zero-order valence-corrected chi connectivity index (χ0v) is 19.3. The molecule has 2 amide bonds. The summed E-state index contributed by atoms with van der Waals surface area (Å²) in [5.41, 5.74) is 7.91. The standard InChI is InChI=1S/C24H32N2O3S/c1-14(2)13-29-17-9-6-15(7-10-17)22(28)26-23-20(21(25)27)18-11-8-16(24(3,4)5)12-19(18)30-23/h6-7,9-10,14,16H,8,11-13H2,1-5H3,(H2,25,27)(H,26,28). The van der Waals surface area contributed by atoms with Gasteiger partial charge in [-0.05, 0) is 66.3 Å². The molecule has 0 spiro atoms. The van der Waals surface area contributed by atoms with Crippen LogP contribution < -0.4 is 15.8 Å². The van der Waals surface area contributed by atoms with E-state index in [0.29, 0.717) is 34.6 Å². The van der Waals surface area contributed by atoms with Crippen molar-refractivity contribution in [1.82, 2.24) is 0 Å². The molecule has 1 atom stereocenters. The zero-order chi connectivity index (χ0) is 22.1. The molecule has 1 aromatic carbocycles. The number of carbonyl (C=O) groups is 2. The number of amides is 2. The van der Waals surface area contributed by atoms with Gasteiger partial charge in [-0.3, -0.25) is 9.59 Å². The van der Waals surface area contributed by atoms with Crippen molar-refractivity contribution < 1.29 is 14.3 Å². The normalized spacial score (nSPS) is 16.3. The summed E-state index contributed by atoms with van der Waals surface area (Å²) in [6.07, 6.45) is 2.77. The number of carbonyl (C=O) groups excluding carboxylic acids is 2. The molecule has 0 radical (unpaired) electrons. The lowest BCUT2D eigenvalue weighted by Crippen LogP contribution is -2.27. The predicted octanol–water partition coefficient (Wildman–Crippen LogP) is 5.29. The van der Waals surface area contributed by atoms with Gasteiger partial charge in [0.2, 0.25) is 0 Å². The molecule has 1 aliphatic rings. The summed E-state index contributed by atoms with van der Waals surface area (Å²) in [7, 11) is 0. The number of anilines is 1. The first-order valence-electron chi connectivity index (χ1n) is 10.5. The van der Waals surface area contributed by atoms with Gasteiger partial charge in [-0.2, -0.15) is 0 Å². The van der Waals surface area contributed by atoms with Gasteiger partial charge in [0, 0.05) is 10.4 Å². The van der Waals surface area contributed by atoms with Crippen LogP contribution >= 0.6 is 11.3 Å². The highest BCUT2D eigenvalue weighted by atomic mass is 32.1. The Balaban J connectivity index is 1.79. The molecule has 30 heavy (non-hydrogen) atoms. The Morgan fingerprint density at radius 3 is 2.47 bits per heavy atom. The van der Waals surface area contributed by atoms with Crippen LogP contribution in [0.4, 0.5) is 5.00 Å². The van der Waals surface area contributed by atoms with Crippen molar-refractivity contribution in [2.75, 3.05) is 11.9 Å². The Bertz CT molecular complexity index is 923. The summed E-state index contributed by atoms with van der Waals surface area (Å²) in [4.78, 5) is 26.2. The van der Waals surface area contributed by atoms with Crippen LogP contribution in [0.2, 0.25) is 0 Å². The number of ether oxygens (including phenoxy) is 1. The summed E-state index contributed by atoms with van der Waals surface area (Å²) in [6, 6.07) is 7.05. The number of hydrogen-bond donors (Lipinski definition) is 2. The van der Waals surface area contributed by atoms with Crippen molar-refractivity contribution in [3.8, 4) is 5.75 Å². The highest BCUT2D eigenvalue weighted by Gasteiger charge is 2.33. The third-order valence-electron chi connectivity index (χ3n) is 5.66. The fourth-order valence-electron chi connectivity index (χ4n) is 3.81. The van der Waals surface area contributed by atoms with Crippen LogP contribution in [0, 0.1) is 17.3 Å². The van der Waals surface area contributed by atoms with E-state index in [1.165, 1.54) is 16.2 Å². The molecular weight excluding hydrogens is 396 g/mol. The van der Waals surface area contributed by atoms with Crippen LogP contribution in [-0.4, -0.2) is 18.4 Å². The topological polar surface area (TPSA) is 81.4 Å². The Morgan fingerprint density at radius 2 is 1.90 bits per heavy atom. The van der Waals surface area contributed by atoms with Gasteiger partial charge in [0.1, 0.15) is 10.8 Å². The molecule has 162 valence electrons. The molecule has 5 nitrogen and oxygen atoms in total. The Kier molecular flexibility index (Phi) is 6.56. The Morgan fingerprint density at radius 1 is 1.23 bits per heavy atom. The molecule has 1 unspecified atom stereocenters. The second-order valence-corrected chi connectivity index (χ2v) is 10.7. The maximum atomic E-state index is 12.8. The molecule has 0 bridgehead atoms. The first kappa shape index (κ1) is 22.3. The number of nitrogens with one attached hydrogen (secondary N) is 1. The molecule has 6 heteroatoms. The van der Waals surface area contributed by atoms with Gasteiger partial charge in [0.15, 0.2) is 0 Å².